The standard InChI is InChI=1S/C13H13F3O2/c14-13(15,16)12(7-4-8-18-11(12)17)9-10-5-2-1-3-6-10/h1-3,5-6H,4,7-9H2. The second-order valence-electron chi connectivity index (χ2n) is 4.48. The number of esters is 1. The lowest BCUT2D eigenvalue weighted by Crippen LogP contribution is -2.50. The molecule has 0 aliphatic carbocycles. The number of halogens is 3. The van der Waals surface area contributed by atoms with Gasteiger partial charge in [0.1, 0.15) is 0 Å². The lowest BCUT2D eigenvalue weighted by Gasteiger charge is -2.36. The van der Waals surface area contributed by atoms with E-state index in [1.165, 1.54) is 0 Å². The molecule has 98 valence electrons. The predicted octanol–water partition coefficient (Wildman–Crippen LogP) is 3.11. The molecule has 1 aromatic rings. The van der Waals surface area contributed by atoms with Crippen LogP contribution in [-0.2, 0) is 16.0 Å². The molecule has 1 aliphatic heterocycles. The Morgan fingerprint density at radius 3 is 2.44 bits per heavy atom. The van der Waals surface area contributed by atoms with E-state index in [1.54, 1.807) is 30.3 Å². The molecule has 1 fully saturated rings. The van der Waals surface area contributed by atoms with Crippen LogP contribution < -0.4 is 0 Å². The van der Waals surface area contributed by atoms with Gasteiger partial charge in [-0.1, -0.05) is 30.3 Å². The monoisotopic (exact) mass is 258 g/mol. The first-order chi connectivity index (χ1) is 8.46. The maximum atomic E-state index is 13.2. The van der Waals surface area contributed by atoms with E-state index >= 15 is 0 Å². The molecule has 0 spiro atoms. The van der Waals surface area contributed by atoms with Gasteiger partial charge in [-0.25, -0.2) is 0 Å². The number of cyclic esters (lactones) is 1. The largest absolute Gasteiger partial charge is 0.465 e. The van der Waals surface area contributed by atoms with Crippen LogP contribution in [0.4, 0.5) is 13.2 Å². The maximum Gasteiger partial charge on any atom is 0.405 e. The van der Waals surface area contributed by atoms with E-state index in [1.807, 2.05) is 0 Å². The Morgan fingerprint density at radius 2 is 1.89 bits per heavy atom. The van der Waals surface area contributed by atoms with Gasteiger partial charge < -0.3 is 4.74 Å². The Bertz CT molecular complexity index is 428. The molecule has 1 aromatic carbocycles. The Balaban J connectivity index is 2.34. The second-order valence-corrected chi connectivity index (χ2v) is 4.48. The molecule has 0 amide bonds. The molecule has 1 unspecified atom stereocenters. The third kappa shape index (κ3) is 2.21. The number of hydrogen-bond acceptors (Lipinski definition) is 2. The van der Waals surface area contributed by atoms with Crippen LogP contribution in [0.5, 0.6) is 0 Å². The lowest BCUT2D eigenvalue weighted by molar-refractivity contribution is -0.244. The minimum absolute atomic E-state index is 0.0749. The third-order valence-corrected chi connectivity index (χ3v) is 3.26. The highest BCUT2D eigenvalue weighted by molar-refractivity contribution is 5.79. The predicted molar refractivity (Wildman–Crippen MR) is 58.8 cm³/mol. The molecule has 1 heterocycles. The van der Waals surface area contributed by atoms with E-state index < -0.39 is 17.6 Å². The molecule has 1 aliphatic rings. The fourth-order valence-electron chi connectivity index (χ4n) is 2.24. The average Bonchev–Trinajstić information content (AvgIpc) is 2.32. The van der Waals surface area contributed by atoms with Gasteiger partial charge in [-0.3, -0.25) is 4.79 Å². The number of carbonyl (C=O) groups is 1. The zero-order valence-corrected chi connectivity index (χ0v) is 9.67. The van der Waals surface area contributed by atoms with Gasteiger partial charge in [-0.15, -0.1) is 0 Å². The number of hydrogen-bond donors (Lipinski definition) is 0. The molecule has 0 bridgehead atoms. The Morgan fingerprint density at radius 1 is 1.22 bits per heavy atom. The Kier molecular flexibility index (Phi) is 3.32. The number of benzene rings is 1. The summed E-state index contributed by atoms with van der Waals surface area (Å²) in [4.78, 5) is 11.6. The number of rotatable bonds is 2. The van der Waals surface area contributed by atoms with E-state index in [-0.39, 0.29) is 25.9 Å². The van der Waals surface area contributed by atoms with E-state index in [9.17, 15) is 18.0 Å². The van der Waals surface area contributed by atoms with E-state index in [4.69, 9.17) is 0 Å². The molecule has 18 heavy (non-hydrogen) atoms. The minimum atomic E-state index is -4.58. The van der Waals surface area contributed by atoms with Crippen LogP contribution in [-0.4, -0.2) is 18.8 Å². The summed E-state index contributed by atoms with van der Waals surface area (Å²) < 4.78 is 44.3. The minimum Gasteiger partial charge on any atom is -0.465 e. The zero-order chi connectivity index (χ0) is 13.2. The summed E-state index contributed by atoms with van der Waals surface area (Å²) >= 11 is 0. The first-order valence-corrected chi connectivity index (χ1v) is 5.74. The molecule has 2 rings (SSSR count). The second kappa shape index (κ2) is 4.63. The number of ether oxygens (including phenoxy) is 1. The Hall–Kier alpha value is -1.52. The molecule has 0 aromatic heterocycles. The number of carbonyl (C=O) groups excluding carboxylic acids is 1. The van der Waals surface area contributed by atoms with Crippen LogP contribution in [0.2, 0.25) is 0 Å². The summed E-state index contributed by atoms with van der Waals surface area (Å²) in [6.07, 6.45) is -4.89. The quantitative estimate of drug-likeness (QED) is 0.762. The highest BCUT2D eigenvalue weighted by Crippen LogP contribution is 2.47. The number of alkyl halides is 3. The van der Waals surface area contributed by atoms with Crippen LogP contribution in [0.25, 0.3) is 0 Å². The SMILES string of the molecule is O=C1OCCCC1(Cc1ccccc1)C(F)(F)F. The topological polar surface area (TPSA) is 26.3 Å². The van der Waals surface area contributed by atoms with Crippen molar-refractivity contribution in [2.24, 2.45) is 5.41 Å². The highest BCUT2D eigenvalue weighted by Gasteiger charge is 2.61. The van der Waals surface area contributed by atoms with Crippen molar-refractivity contribution in [3.63, 3.8) is 0 Å². The summed E-state index contributed by atoms with van der Waals surface area (Å²) in [5.74, 6) is -1.15. The van der Waals surface area contributed by atoms with Gasteiger partial charge in [0.2, 0.25) is 0 Å². The first kappa shape index (κ1) is 12.9. The molecule has 1 atom stereocenters. The van der Waals surface area contributed by atoms with Crippen LogP contribution in [0, 0.1) is 5.41 Å². The maximum absolute atomic E-state index is 13.2. The van der Waals surface area contributed by atoms with Crippen molar-refractivity contribution < 1.29 is 22.7 Å². The molecule has 0 saturated carbocycles. The molecule has 2 nitrogen and oxygen atoms in total. The summed E-state index contributed by atoms with van der Waals surface area (Å²) in [6.45, 7) is 0.0749. The van der Waals surface area contributed by atoms with Crippen molar-refractivity contribution >= 4 is 5.97 Å². The molecule has 1 saturated heterocycles. The van der Waals surface area contributed by atoms with Crippen LogP contribution in [0.3, 0.4) is 0 Å². The first-order valence-electron chi connectivity index (χ1n) is 5.74. The smallest absolute Gasteiger partial charge is 0.405 e. The molecular formula is C13H13F3O2. The van der Waals surface area contributed by atoms with Gasteiger partial charge in [0.05, 0.1) is 6.61 Å². The molecular weight excluding hydrogens is 245 g/mol. The zero-order valence-electron chi connectivity index (χ0n) is 9.67. The van der Waals surface area contributed by atoms with Gasteiger partial charge in [0.15, 0.2) is 5.41 Å². The lowest BCUT2D eigenvalue weighted by atomic mass is 9.76. The summed E-state index contributed by atoms with van der Waals surface area (Å²) in [6, 6.07) is 8.23. The van der Waals surface area contributed by atoms with Crippen LogP contribution >= 0.6 is 0 Å². The fraction of sp³-hybridized carbons (Fsp3) is 0.462. The van der Waals surface area contributed by atoms with Crippen molar-refractivity contribution in [2.45, 2.75) is 25.4 Å². The van der Waals surface area contributed by atoms with Crippen LogP contribution in [0.15, 0.2) is 30.3 Å². The van der Waals surface area contributed by atoms with E-state index in [0.29, 0.717) is 5.56 Å². The Labute approximate surface area is 103 Å². The summed E-state index contributed by atoms with van der Waals surface area (Å²) in [5, 5.41) is 0. The van der Waals surface area contributed by atoms with Crippen molar-refractivity contribution in [3.8, 4) is 0 Å². The average molecular weight is 258 g/mol. The van der Waals surface area contributed by atoms with Gasteiger partial charge in [0, 0.05) is 0 Å². The van der Waals surface area contributed by atoms with Crippen molar-refractivity contribution in [1.82, 2.24) is 0 Å². The van der Waals surface area contributed by atoms with Crippen molar-refractivity contribution in [2.75, 3.05) is 6.61 Å². The van der Waals surface area contributed by atoms with E-state index in [0.717, 1.165) is 0 Å². The van der Waals surface area contributed by atoms with Gasteiger partial charge >= 0.3 is 12.1 Å². The van der Waals surface area contributed by atoms with Gasteiger partial charge in [0.25, 0.3) is 0 Å². The summed E-state index contributed by atoms with van der Waals surface area (Å²) in [5.41, 5.74) is -1.89. The van der Waals surface area contributed by atoms with Crippen LogP contribution in [0.1, 0.15) is 18.4 Å². The van der Waals surface area contributed by atoms with Crippen molar-refractivity contribution in [3.05, 3.63) is 35.9 Å². The van der Waals surface area contributed by atoms with Gasteiger partial charge in [-0.2, -0.15) is 13.2 Å². The van der Waals surface area contributed by atoms with Crippen molar-refractivity contribution in [1.29, 1.82) is 0 Å². The van der Waals surface area contributed by atoms with E-state index in [2.05, 4.69) is 4.74 Å². The third-order valence-electron chi connectivity index (χ3n) is 3.26. The van der Waals surface area contributed by atoms with Gasteiger partial charge in [-0.05, 0) is 24.8 Å². The highest BCUT2D eigenvalue weighted by atomic mass is 19.4. The fourth-order valence-corrected chi connectivity index (χ4v) is 2.24. The molecule has 0 N–H and O–H groups in total. The normalized spacial score (nSPS) is 24.7. The molecule has 0 radical (unpaired) electrons. The summed E-state index contributed by atoms with van der Waals surface area (Å²) in [7, 11) is 0. The molecule has 5 heteroatoms.